The Morgan fingerprint density at radius 2 is 2.00 bits per heavy atom. The molecule has 0 aromatic carbocycles. The molecule has 0 radical (unpaired) electrons. The van der Waals surface area contributed by atoms with Crippen LogP contribution < -0.4 is 5.32 Å². The SMILES string of the molecule is CCNC(COCCCC(C)C)C(=O)OCC. The van der Waals surface area contributed by atoms with E-state index in [1.165, 1.54) is 0 Å². The maximum absolute atomic E-state index is 11.5. The molecule has 0 aliphatic heterocycles. The zero-order valence-corrected chi connectivity index (χ0v) is 11.6. The largest absolute Gasteiger partial charge is 0.465 e. The lowest BCUT2D eigenvalue weighted by molar-refractivity contribution is -0.147. The van der Waals surface area contributed by atoms with Crippen LogP contribution in [0.1, 0.15) is 40.5 Å². The van der Waals surface area contributed by atoms with E-state index in [4.69, 9.17) is 9.47 Å². The van der Waals surface area contributed by atoms with Gasteiger partial charge >= 0.3 is 5.97 Å². The zero-order valence-electron chi connectivity index (χ0n) is 11.6. The van der Waals surface area contributed by atoms with Gasteiger partial charge < -0.3 is 14.8 Å². The molecule has 102 valence electrons. The molecule has 0 aliphatic rings. The number of rotatable bonds is 10. The first-order valence-corrected chi connectivity index (χ1v) is 6.59. The summed E-state index contributed by atoms with van der Waals surface area (Å²) in [7, 11) is 0. The molecular formula is C13H27NO3. The van der Waals surface area contributed by atoms with E-state index >= 15 is 0 Å². The molecule has 0 spiro atoms. The Morgan fingerprint density at radius 3 is 2.53 bits per heavy atom. The van der Waals surface area contributed by atoms with Gasteiger partial charge in [0, 0.05) is 6.61 Å². The van der Waals surface area contributed by atoms with Crippen molar-refractivity contribution in [1.29, 1.82) is 0 Å². The van der Waals surface area contributed by atoms with E-state index in [0.717, 1.165) is 19.4 Å². The van der Waals surface area contributed by atoms with Crippen molar-refractivity contribution in [3.05, 3.63) is 0 Å². The van der Waals surface area contributed by atoms with Gasteiger partial charge in [-0.2, -0.15) is 0 Å². The van der Waals surface area contributed by atoms with E-state index in [0.29, 0.717) is 25.7 Å². The number of esters is 1. The van der Waals surface area contributed by atoms with Crippen molar-refractivity contribution < 1.29 is 14.3 Å². The van der Waals surface area contributed by atoms with Crippen LogP contribution in [0.5, 0.6) is 0 Å². The van der Waals surface area contributed by atoms with Gasteiger partial charge in [-0.05, 0) is 32.2 Å². The summed E-state index contributed by atoms with van der Waals surface area (Å²) in [5.74, 6) is 0.478. The van der Waals surface area contributed by atoms with Crippen LogP contribution in [-0.4, -0.2) is 38.4 Å². The van der Waals surface area contributed by atoms with Crippen LogP contribution in [-0.2, 0) is 14.3 Å². The van der Waals surface area contributed by atoms with Gasteiger partial charge in [-0.1, -0.05) is 20.8 Å². The van der Waals surface area contributed by atoms with Crippen molar-refractivity contribution in [2.45, 2.75) is 46.6 Å². The normalized spacial score (nSPS) is 12.8. The van der Waals surface area contributed by atoms with Crippen molar-refractivity contribution in [2.75, 3.05) is 26.4 Å². The number of nitrogens with one attached hydrogen (secondary N) is 1. The molecule has 0 rings (SSSR count). The van der Waals surface area contributed by atoms with Crippen LogP contribution in [0.25, 0.3) is 0 Å². The maximum atomic E-state index is 11.5. The van der Waals surface area contributed by atoms with Crippen molar-refractivity contribution >= 4 is 5.97 Å². The van der Waals surface area contributed by atoms with Gasteiger partial charge in [0.1, 0.15) is 6.04 Å². The summed E-state index contributed by atoms with van der Waals surface area (Å²) in [5.41, 5.74) is 0. The molecule has 0 saturated heterocycles. The van der Waals surface area contributed by atoms with Crippen LogP contribution in [0.15, 0.2) is 0 Å². The van der Waals surface area contributed by atoms with Crippen LogP contribution in [0, 0.1) is 5.92 Å². The number of carbonyl (C=O) groups is 1. The van der Waals surface area contributed by atoms with Gasteiger partial charge in [-0.3, -0.25) is 4.79 Å². The number of hydrogen-bond donors (Lipinski definition) is 1. The fourth-order valence-corrected chi connectivity index (χ4v) is 1.49. The van der Waals surface area contributed by atoms with Crippen molar-refractivity contribution in [2.24, 2.45) is 5.92 Å². The monoisotopic (exact) mass is 245 g/mol. The Hall–Kier alpha value is -0.610. The third-order valence-electron chi connectivity index (χ3n) is 2.38. The van der Waals surface area contributed by atoms with Gasteiger partial charge in [-0.15, -0.1) is 0 Å². The Morgan fingerprint density at radius 1 is 1.29 bits per heavy atom. The molecule has 1 unspecified atom stereocenters. The molecule has 4 nitrogen and oxygen atoms in total. The summed E-state index contributed by atoms with van der Waals surface area (Å²) >= 11 is 0. The molecular weight excluding hydrogens is 218 g/mol. The first-order valence-electron chi connectivity index (χ1n) is 6.59. The molecule has 1 atom stereocenters. The summed E-state index contributed by atoms with van der Waals surface area (Å²) in [4.78, 5) is 11.5. The first kappa shape index (κ1) is 16.4. The Bertz CT molecular complexity index is 195. The second-order valence-electron chi connectivity index (χ2n) is 4.47. The average molecular weight is 245 g/mol. The van der Waals surface area contributed by atoms with Crippen molar-refractivity contribution in [3.8, 4) is 0 Å². The van der Waals surface area contributed by atoms with E-state index < -0.39 is 0 Å². The summed E-state index contributed by atoms with van der Waals surface area (Å²) in [5, 5.41) is 3.07. The topological polar surface area (TPSA) is 47.6 Å². The Balaban J connectivity index is 3.73. The fraction of sp³-hybridized carbons (Fsp3) is 0.923. The molecule has 0 bridgehead atoms. The summed E-state index contributed by atoms with van der Waals surface area (Å²) in [6.07, 6.45) is 2.20. The maximum Gasteiger partial charge on any atom is 0.325 e. The third-order valence-corrected chi connectivity index (χ3v) is 2.38. The molecule has 0 amide bonds. The number of carbonyl (C=O) groups excluding carboxylic acids is 1. The van der Waals surface area contributed by atoms with E-state index in [2.05, 4.69) is 19.2 Å². The second kappa shape index (κ2) is 10.5. The molecule has 0 aromatic heterocycles. The average Bonchev–Trinajstić information content (AvgIpc) is 2.27. The minimum atomic E-state index is -0.334. The predicted molar refractivity (Wildman–Crippen MR) is 69.0 cm³/mol. The highest BCUT2D eigenvalue weighted by molar-refractivity contribution is 5.75. The highest BCUT2D eigenvalue weighted by Crippen LogP contribution is 2.03. The third kappa shape index (κ3) is 9.12. The molecule has 0 saturated carbocycles. The van der Waals surface area contributed by atoms with Crippen LogP contribution in [0.3, 0.4) is 0 Å². The standard InChI is InChI=1S/C13H27NO3/c1-5-14-12(13(15)17-6-2)10-16-9-7-8-11(3)4/h11-12,14H,5-10H2,1-4H3. The number of likely N-dealkylation sites (N-methyl/N-ethyl adjacent to an activating group) is 1. The molecule has 0 aliphatic carbocycles. The molecule has 0 heterocycles. The fourth-order valence-electron chi connectivity index (χ4n) is 1.49. The lowest BCUT2D eigenvalue weighted by Crippen LogP contribution is -2.41. The van der Waals surface area contributed by atoms with Gasteiger partial charge in [0.25, 0.3) is 0 Å². The van der Waals surface area contributed by atoms with Crippen molar-refractivity contribution in [1.82, 2.24) is 5.32 Å². The van der Waals surface area contributed by atoms with E-state index in [9.17, 15) is 4.79 Å². The highest BCUT2D eigenvalue weighted by Gasteiger charge is 2.18. The van der Waals surface area contributed by atoms with E-state index in [1.54, 1.807) is 0 Å². The molecule has 17 heavy (non-hydrogen) atoms. The second-order valence-corrected chi connectivity index (χ2v) is 4.47. The summed E-state index contributed by atoms with van der Waals surface area (Å²) in [6.45, 7) is 10.4. The van der Waals surface area contributed by atoms with E-state index in [1.807, 2.05) is 13.8 Å². The summed E-state index contributed by atoms with van der Waals surface area (Å²) < 4.78 is 10.5. The Labute approximate surface area is 105 Å². The zero-order chi connectivity index (χ0) is 13.1. The van der Waals surface area contributed by atoms with Gasteiger partial charge in [0.05, 0.1) is 13.2 Å². The molecule has 1 N–H and O–H groups in total. The van der Waals surface area contributed by atoms with Crippen LogP contribution in [0.4, 0.5) is 0 Å². The number of ether oxygens (including phenoxy) is 2. The Kier molecular flexibility index (Phi) is 10.2. The van der Waals surface area contributed by atoms with Crippen LogP contribution in [0.2, 0.25) is 0 Å². The van der Waals surface area contributed by atoms with E-state index in [-0.39, 0.29) is 12.0 Å². The predicted octanol–water partition coefficient (Wildman–Crippen LogP) is 1.98. The highest BCUT2D eigenvalue weighted by atomic mass is 16.5. The van der Waals surface area contributed by atoms with Gasteiger partial charge in [-0.25, -0.2) is 0 Å². The van der Waals surface area contributed by atoms with Crippen molar-refractivity contribution in [3.63, 3.8) is 0 Å². The lowest BCUT2D eigenvalue weighted by atomic mass is 10.1. The van der Waals surface area contributed by atoms with Gasteiger partial charge in [0.15, 0.2) is 0 Å². The lowest BCUT2D eigenvalue weighted by Gasteiger charge is -2.16. The minimum Gasteiger partial charge on any atom is -0.465 e. The first-order chi connectivity index (χ1) is 8.11. The summed E-state index contributed by atoms with van der Waals surface area (Å²) in [6, 6.07) is -0.334. The quantitative estimate of drug-likeness (QED) is 0.472. The van der Waals surface area contributed by atoms with Gasteiger partial charge in [0.2, 0.25) is 0 Å². The minimum absolute atomic E-state index is 0.224. The molecule has 0 fully saturated rings. The molecule has 4 heteroatoms. The number of hydrogen-bond acceptors (Lipinski definition) is 4. The smallest absolute Gasteiger partial charge is 0.325 e. The van der Waals surface area contributed by atoms with Crippen LogP contribution >= 0.6 is 0 Å². The molecule has 0 aromatic rings.